The molecule has 156 valence electrons. The van der Waals surface area contributed by atoms with Crippen molar-refractivity contribution in [1.82, 2.24) is 0 Å². The maximum atomic E-state index is 12.3. The first-order valence-corrected chi connectivity index (χ1v) is 11.5. The molecule has 4 aliphatic rings. The molecule has 3 unspecified atom stereocenters. The summed E-state index contributed by atoms with van der Waals surface area (Å²) in [7, 11) is 0. The molecule has 3 nitrogen and oxygen atoms in total. The second-order valence-corrected chi connectivity index (χ2v) is 11.0. The first-order valence-electron chi connectivity index (χ1n) is 11.5. The van der Waals surface area contributed by atoms with Crippen LogP contribution in [0.1, 0.15) is 85.5 Å². The van der Waals surface area contributed by atoms with Crippen LogP contribution in [-0.2, 0) is 14.3 Å². The molecule has 0 heterocycles. The van der Waals surface area contributed by atoms with Crippen LogP contribution in [0.15, 0.2) is 12.7 Å². The molecule has 0 radical (unpaired) electrons. The van der Waals surface area contributed by atoms with Gasteiger partial charge in [-0.15, -0.1) is 0 Å². The van der Waals surface area contributed by atoms with Gasteiger partial charge in [0.05, 0.1) is 0 Å². The van der Waals surface area contributed by atoms with E-state index in [9.17, 15) is 9.59 Å². The minimum absolute atomic E-state index is 0.188. The standard InChI is InChI=1S/C25H38O3/c1-6-25(28-17(3)27)14-13-23(4)18(15-25)7-8-19-21-10-9-20(16(2)26)24(21,5)12-11-22(19)23/h6,18-22H,1,7-15H2,2-5H3/t18-,19?,20+,21?,22?,23-,24+,25+/m0/s1. The van der Waals surface area contributed by atoms with Gasteiger partial charge < -0.3 is 4.74 Å². The molecule has 4 aliphatic carbocycles. The molecular formula is C25H38O3. The van der Waals surface area contributed by atoms with Gasteiger partial charge in [-0.2, -0.15) is 0 Å². The molecule has 8 atom stereocenters. The number of ether oxygens (including phenoxy) is 1. The third-order valence-corrected chi connectivity index (χ3v) is 9.95. The number of hydrogen-bond donors (Lipinski definition) is 0. The maximum Gasteiger partial charge on any atom is 0.303 e. The highest BCUT2D eigenvalue weighted by Gasteiger charge is 2.62. The van der Waals surface area contributed by atoms with Gasteiger partial charge in [-0.3, -0.25) is 9.59 Å². The van der Waals surface area contributed by atoms with Crippen LogP contribution in [-0.4, -0.2) is 17.4 Å². The number of carbonyl (C=O) groups excluding carboxylic acids is 2. The van der Waals surface area contributed by atoms with Crippen molar-refractivity contribution in [3.63, 3.8) is 0 Å². The average Bonchev–Trinajstić information content (AvgIpc) is 2.99. The summed E-state index contributed by atoms with van der Waals surface area (Å²) in [5.41, 5.74) is 0.109. The summed E-state index contributed by atoms with van der Waals surface area (Å²) in [5, 5.41) is 0. The summed E-state index contributed by atoms with van der Waals surface area (Å²) in [6.07, 6.45) is 12.2. The van der Waals surface area contributed by atoms with E-state index in [4.69, 9.17) is 4.74 Å². The molecule has 0 aromatic heterocycles. The Kier molecular flexibility index (Phi) is 4.83. The van der Waals surface area contributed by atoms with E-state index in [1.807, 2.05) is 13.0 Å². The van der Waals surface area contributed by atoms with Crippen LogP contribution in [0.4, 0.5) is 0 Å². The normalized spacial score (nSPS) is 50.1. The maximum absolute atomic E-state index is 12.3. The lowest BCUT2D eigenvalue weighted by atomic mass is 9.44. The van der Waals surface area contributed by atoms with Gasteiger partial charge in [-0.25, -0.2) is 0 Å². The van der Waals surface area contributed by atoms with Crippen molar-refractivity contribution >= 4 is 11.8 Å². The minimum atomic E-state index is -0.459. The van der Waals surface area contributed by atoms with E-state index >= 15 is 0 Å². The van der Waals surface area contributed by atoms with Gasteiger partial charge in [0, 0.05) is 12.8 Å². The van der Waals surface area contributed by atoms with Crippen molar-refractivity contribution in [2.24, 2.45) is 40.4 Å². The summed E-state index contributed by atoms with van der Waals surface area (Å²) in [5.74, 6) is 3.37. The van der Waals surface area contributed by atoms with Gasteiger partial charge in [-0.05, 0) is 105 Å². The molecular weight excluding hydrogens is 348 g/mol. The average molecular weight is 387 g/mol. The zero-order valence-electron chi connectivity index (χ0n) is 18.3. The van der Waals surface area contributed by atoms with Crippen molar-refractivity contribution in [1.29, 1.82) is 0 Å². The quantitative estimate of drug-likeness (QED) is 0.460. The van der Waals surface area contributed by atoms with Crippen LogP contribution >= 0.6 is 0 Å². The summed E-state index contributed by atoms with van der Waals surface area (Å²) in [6, 6.07) is 0. The highest BCUT2D eigenvalue weighted by molar-refractivity contribution is 5.79. The Morgan fingerprint density at radius 1 is 0.929 bits per heavy atom. The summed E-state index contributed by atoms with van der Waals surface area (Å²) >= 11 is 0. The molecule has 0 amide bonds. The first-order chi connectivity index (χ1) is 13.2. The third-order valence-electron chi connectivity index (χ3n) is 9.95. The molecule has 0 aromatic rings. The smallest absolute Gasteiger partial charge is 0.303 e. The molecule has 0 bridgehead atoms. The third kappa shape index (κ3) is 2.82. The molecule has 0 saturated heterocycles. The zero-order valence-corrected chi connectivity index (χ0v) is 18.3. The number of Topliss-reactive ketones (excluding diaryl/α,β-unsaturated/α-hetero) is 1. The fourth-order valence-electron chi connectivity index (χ4n) is 8.53. The van der Waals surface area contributed by atoms with Gasteiger partial charge >= 0.3 is 5.97 Å². The van der Waals surface area contributed by atoms with Crippen molar-refractivity contribution < 1.29 is 14.3 Å². The lowest BCUT2D eigenvalue weighted by molar-refractivity contribution is -0.173. The van der Waals surface area contributed by atoms with Crippen LogP contribution in [0.2, 0.25) is 0 Å². The van der Waals surface area contributed by atoms with Crippen LogP contribution in [0.3, 0.4) is 0 Å². The van der Waals surface area contributed by atoms with Crippen molar-refractivity contribution in [3.8, 4) is 0 Å². The molecule has 0 spiro atoms. The molecule has 4 rings (SSSR count). The largest absolute Gasteiger partial charge is 0.455 e. The van der Waals surface area contributed by atoms with Crippen LogP contribution in [0, 0.1) is 40.4 Å². The monoisotopic (exact) mass is 386 g/mol. The second kappa shape index (κ2) is 6.71. The fraction of sp³-hybridized carbons (Fsp3) is 0.840. The Morgan fingerprint density at radius 3 is 2.29 bits per heavy atom. The Balaban J connectivity index is 1.57. The topological polar surface area (TPSA) is 43.4 Å². The number of esters is 1. The van der Waals surface area contributed by atoms with E-state index in [0.29, 0.717) is 17.1 Å². The Hall–Kier alpha value is -1.12. The highest BCUT2D eigenvalue weighted by Crippen LogP contribution is 2.68. The van der Waals surface area contributed by atoms with E-state index in [1.54, 1.807) is 0 Å². The predicted octanol–water partition coefficient (Wildman–Crippen LogP) is 5.72. The molecule has 28 heavy (non-hydrogen) atoms. The number of hydrogen-bond acceptors (Lipinski definition) is 3. The molecule has 4 fully saturated rings. The Morgan fingerprint density at radius 2 is 1.64 bits per heavy atom. The minimum Gasteiger partial charge on any atom is -0.455 e. The molecule has 0 N–H and O–H groups in total. The van der Waals surface area contributed by atoms with Gasteiger partial charge in [-0.1, -0.05) is 20.4 Å². The highest BCUT2D eigenvalue weighted by atomic mass is 16.6. The lowest BCUT2D eigenvalue weighted by Crippen LogP contribution is -2.56. The van der Waals surface area contributed by atoms with E-state index in [1.165, 1.54) is 39.0 Å². The predicted molar refractivity (Wildman–Crippen MR) is 111 cm³/mol. The van der Waals surface area contributed by atoms with Crippen molar-refractivity contribution in [3.05, 3.63) is 12.7 Å². The van der Waals surface area contributed by atoms with Crippen molar-refractivity contribution in [2.75, 3.05) is 0 Å². The summed E-state index contributed by atoms with van der Waals surface area (Å²) < 4.78 is 5.79. The number of fused-ring (bicyclic) bond motifs is 5. The van der Waals surface area contributed by atoms with Crippen molar-refractivity contribution in [2.45, 2.75) is 91.1 Å². The van der Waals surface area contributed by atoms with E-state index in [2.05, 4.69) is 20.4 Å². The zero-order chi connectivity index (χ0) is 20.3. The number of carbonyl (C=O) groups is 2. The Bertz CT molecular complexity index is 683. The van der Waals surface area contributed by atoms with Crippen LogP contribution in [0.5, 0.6) is 0 Å². The second-order valence-electron chi connectivity index (χ2n) is 11.0. The number of rotatable bonds is 3. The van der Waals surface area contributed by atoms with E-state index in [0.717, 1.165) is 43.4 Å². The lowest BCUT2D eigenvalue weighted by Gasteiger charge is -2.62. The first kappa shape index (κ1) is 20.2. The summed E-state index contributed by atoms with van der Waals surface area (Å²) in [6.45, 7) is 12.3. The van der Waals surface area contributed by atoms with Crippen LogP contribution < -0.4 is 0 Å². The van der Waals surface area contributed by atoms with Gasteiger partial charge in [0.1, 0.15) is 11.4 Å². The van der Waals surface area contributed by atoms with E-state index < -0.39 is 5.60 Å². The van der Waals surface area contributed by atoms with E-state index in [-0.39, 0.29) is 17.3 Å². The summed E-state index contributed by atoms with van der Waals surface area (Å²) in [4.78, 5) is 24.0. The molecule has 4 saturated carbocycles. The number of ketones is 1. The van der Waals surface area contributed by atoms with Crippen LogP contribution in [0.25, 0.3) is 0 Å². The fourth-order valence-corrected chi connectivity index (χ4v) is 8.53. The molecule has 0 aromatic carbocycles. The van der Waals surface area contributed by atoms with Gasteiger partial charge in [0.15, 0.2) is 0 Å². The SMILES string of the molecule is C=C[C@@]1(OC(C)=O)CC[C@]2(C)C3CC[C@@]4(C)C(CC[C@@H]4C(C)=O)C3CC[C@H]2C1. The van der Waals surface area contributed by atoms with Gasteiger partial charge in [0.25, 0.3) is 0 Å². The van der Waals surface area contributed by atoms with Gasteiger partial charge in [0.2, 0.25) is 0 Å². The molecule has 0 aliphatic heterocycles. The Labute approximate surface area is 170 Å². The molecule has 3 heteroatoms.